The van der Waals surface area contributed by atoms with Gasteiger partial charge >= 0.3 is 0 Å². The minimum absolute atomic E-state index is 0.437. The molecule has 3 heteroatoms. The maximum atomic E-state index is 5.98. The summed E-state index contributed by atoms with van der Waals surface area (Å²) < 4.78 is 5.98. The lowest BCUT2D eigenvalue weighted by Gasteiger charge is -2.18. The predicted octanol–water partition coefficient (Wildman–Crippen LogP) is 5.73. The van der Waals surface area contributed by atoms with Crippen LogP contribution >= 0.6 is 0 Å². The van der Waals surface area contributed by atoms with Crippen molar-refractivity contribution in [1.29, 1.82) is 0 Å². The van der Waals surface area contributed by atoms with E-state index in [0.717, 1.165) is 24.3 Å². The van der Waals surface area contributed by atoms with Crippen LogP contribution in [0.2, 0.25) is 0 Å². The van der Waals surface area contributed by atoms with Crippen molar-refractivity contribution >= 4 is 0 Å². The highest BCUT2D eigenvalue weighted by Gasteiger charge is 2.18. The van der Waals surface area contributed by atoms with E-state index in [1.54, 1.807) is 12.4 Å². The molecule has 1 aromatic heterocycles. The Balaban J connectivity index is 2.19. The van der Waals surface area contributed by atoms with E-state index in [1.807, 2.05) is 30.3 Å². The Labute approximate surface area is 133 Å². The highest BCUT2D eigenvalue weighted by molar-refractivity contribution is 5.30. The van der Waals surface area contributed by atoms with Gasteiger partial charge in [0.1, 0.15) is 11.4 Å². The van der Waals surface area contributed by atoms with Crippen molar-refractivity contribution in [2.24, 2.45) is 0 Å². The first kappa shape index (κ1) is 16.5. The van der Waals surface area contributed by atoms with Gasteiger partial charge in [-0.25, -0.2) is 4.98 Å². The molecule has 3 nitrogen and oxygen atoms in total. The van der Waals surface area contributed by atoms with Gasteiger partial charge in [0.25, 0.3) is 0 Å². The minimum atomic E-state index is 0.437. The summed E-state index contributed by atoms with van der Waals surface area (Å²) in [5, 5.41) is 0. The van der Waals surface area contributed by atoms with E-state index < -0.39 is 0 Å². The quantitative estimate of drug-likeness (QED) is 0.592. The first-order valence-corrected chi connectivity index (χ1v) is 8.39. The molecule has 0 N–H and O–H groups in total. The zero-order chi connectivity index (χ0) is 15.6. The number of nitrogens with zero attached hydrogens (tertiary/aromatic N) is 2. The summed E-state index contributed by atoms with van der Waals surface area (Å²) in [4.78, 5) is 9.02. The topological polar surface area (TPSA) is 35.0 Å². The Morgan fingerprint density at radius 3 is 2.18 bits per heavy atom. The third-order valence-corrected chi connectivity index (χ3v) is 3.85. The minimum Gasteiger partial charge on any atom is -0.437 e. The number of hydrogen-bond acceptors (Lipinski definition) is 3. The molecule has 0 saturated heterocycles. The van der Waals surface area contributed by atoms with E-state index in [2.05, 4.69) is 23.8 Å². The van der Waals surface area contributed by atoms with Gasteiger partial charge in [0.2, 0.25) is 5.88 Å². The number of rotatable bonds is 9. The number of aromatic nitrogens is 2. The molecule has 0 aliphatic heterocycles. The van der Waals surface area contributed by atoms with Crippen LogP contribution < -0.4 is 4.74 Å². The third kappa shape index (κ3) is 4.83. The summed E-state index contributed by atoms with van der Waals surface area (Å²) in [5.41, 5.74) is 1.01. The SMILES string of the molecule is CCCCC(CCCC)c1nccnc1Oc1ccccc1. The highest BCUT2D eigenvalue weighted by Crippen LogP contribution is 2.33. The summed E-state index contributed by atoms with van der Waals surface area (Å²) >= 11 is 0. The fourth-order valence-electron chi connectivity index (χ4n) is 2.61. The Morgan fingerprint density at radius 1 is 0.909 bits per heavy atom. The summed E-state index contributed by atoms with van der Waals surface area (Å²) in [6, 6.07) is 9.82. The van der Waals surface area contributed by atoms with E-state index in [-0.39, 0.29) is 0 Å². The second kappa shape index (κ2) is 9.19. The van der Waals surface area contributed by atoms with Gasteiger partial charge in [-0.15, -0.1) is 0 Å². The van der Waals surface area contributed by atoms with Gasteiger partial charge in [0.15, 0.2) is 0 Å². The van der Waals surface area contributed by atoms with Gasteiger partial charge in [-0.3, -0.25) is 4.98 Å². The van der Waals surface area contributed by atoms with Gasteiger partial charge in [0.05, 0.1) is 0 Å². The fourth-order valence-corrected chi connectivity index (χ4v) is 2.61. The van der Waals surface area contributed by atoms with E-state index >= 15 is 0 Å². The highest BCUT2D eigenvalue weighted by atomic mass is 16.5. The molecule has 1 heterocycles. The molecule has 0 aliphatic carbocycles. The van der Waals surface area contributed by atoms with Crippen molar-refractivity contribution in [2.45, 2.75) is 58.3 Å². The summed E-state index contributed by atoms with van der Waals surface area (Å²) in [6.45, 7) is 4.46. The molecule has 1 aromatic carbocycles. The van der Waals surface area contributed by atoms with Gasteiger partial charge in [-0.05, 0) is 25.0 Å². The molecule has 22 heavy (non-hydrogen) atoms. The molecule has 0 fully saturated rings. The van der Waals surface area contributed by atoms with Crippen molar-refractivity contribution in [1.82, 2.24) is 9.97 Å². The van der Waals surface area contributed by atoms with Crippen LogP contribution in [0.25, 0.3) is 0 Å². The summed E-state index contributed by atoms with van der Waals surface area (Å²) in [5.74, 6) is 1.91. The molecular formula is C19H26N2O. The predicted molar refractivity (Wildman–Crippen MR) is 90.3 cm³/mol. The van der Waals surface area contributed by atoms with E-state index in [4.69, 9.17) is 4.74 Å². The average molecular weight is 298 g/mol. The Morgan fingerprint density at radius 2 is 1.55 bits per heavy atom. The van der Waals surface area contributed by atoms with E-state index in [0.29, 0.717) is 11.8 Å². The van der Waals surface area contributed by atoms with Crippen molar-refractivity contribution in [3.8, 4) is 11.6 Å². The molecular weight excluding hydrogens is 272 g/mol. The van der Waals surface area contributed by atoms with Gasteiger partial charge in [-0.1, -0.05) is 57.7 Å². The number of benzene rings is 1. The van der Waals surface area contributed by atoms with Crippen LogP contribution in [0.15, 0.2) is 42.7 Å². The second-order valence-corrected chi connectivity index (χ2v) is 5.64. The normalized spacial score (nSPS) is 10.9. The fraction of sp³-hybridized carbons (Fsp3) is 0.474. The first-order valence-electron chi connectivity index (χ1n) is 8.39. The number of ether oxygens (including phenoxy) is 1. The summed E-state index contributed by atoms with van der Waals surface area (Å²) in [6.07, 6.45) is 10.6. The van der Waals surface area contributed by atoms with E-state index in [9.17, 15) is 0 Å². The van der Waals surface area contributed by atoms with Crippen LogP contribution in [0.4, 0.5) is 0 Å². The molecule has 0 radical (unpaired) electrons. The van der Waals surface area contributed by atoms with Crippen molar-refractivity contribution < 1.29 is 4.74 Å². The lowest BCUT2D eigenvalue weighted by atomic mass is 9.93. The lowest BCUT2D eigenvalue weighted by Crippen LogP contribution is -2.06. The standard InChI is InChI=1S/C19H26N2O/c1-3-5-10-16(11-6-4-2)18-19(21-15-14-20-18)22-17-12-8-7-9-13-17/h7-9,12-16H,3-6,10-11H2,1-2H3. The number of hydrogen-bond donors (Lipinski definition) is 0. The maximum absolute atomic E-state index is 5.98. The monoisotopic (exact) mass is 298 g/mol. The molecule has 2 rings (SSSR count). The molecule has 0 amide bonds. The molecule has 2 aromatic rings. The molecule has 0 spiro atoms. The van der Waals surface area contributed by atoms with Crippen molar-refractivity contribution in [3.05, 3.63) is 48.4 Å². The second-order valence-electron chi connectivity index (χ2n) is 5.64. The van der Waals surface area contributed by atoms with Crippen LogP contribution in [0.3, 0.4) is 0 Å². The molecule has 0 aliphatic rings. The van der Waals surface area contributed by atoms with Gasteiger partial charge in [-0.2, -0.15) is 0 Å². The van der Waals surface area contributed by atoms with Crippen molar-refractivity contribution in [2.75, 3.05) is 0 Å². The van der Waals surface area contributed by atoms with Crippen LogP contribution in [0.1, 0.15) is 64.0 Å². The van der Waals surface area contributed by atoms with E-state index in [1.165, 1.54) is 25.7 Å². The van der Waals surface area contributed by atoms with Gasteiger partial charge in [0, 0.05) is 18.3 Å². The molecule has 118 valence electrons. The summed E-state index contributed by atoms with van der Waals surface area (Å²) in [7, 11) is 0. The van der Waals surface area contributed by atoms with Crippen LogP contribution in [0, 0.1) is 0 Å². The van der Waals surface area contributed by atoms with Crippen LogP contribution in [-0.4, -0.2) is 9.97 Å². The molecule has 0 unspecified atom stereocenters. The Hall–Kier alpha value is -1.90. The van der Waals surface area contributed by atoms with Gasteiger partial charge < -0.3 is 4.74 Å². The number of para-hydroxylation sites is 1. The average Bonchev–Trinajstić information content (AvgIpc) is 2.57. The third-order valence-electron chi connectivity index (χ3n) is 3.85. The van der Waals surface area contributed by atoms with Crippen LogP contribution in [0.5, 0.6) is 11.6 Å². The lowest BCUT2D eigenvalue weighted by molar-refractivity contribution is 0.428. The van der Waals surface area contributed by atoms with Crippen LogP contribution in [-0.2, 0) is 0 Å². The maximum Gasteiger partial charge on any atom is 0.241 e. The first-order chi connectivity index (χ1) is 10.8. The zero-order valence-electron chi connectivity index (χ0n) is 13.7. The largest absolute Gasteiger partial charge is 0.437 e. The molecule has 0 saturated carbocycles. The Kier molecular flexibility index (Phi) is 6.88. The molecule has 0 atom stereocenters. The van der Waals surface area contributed by atoms with Crippen molar-refractivity contribution in [3.63, 3.8) is 0 Å². The molecule has 0 bridgehead atoms. The Bertz CT molecular complexity index is 534. The smallest absolute Gasteiger partial charge is 0.241 e. The zero-order valence-corrected chi connectivity index (χ0v) is 13.7. The number of unbranched alkanes of at least 4 members (excludes halogenated alkanes) is 2.